The highest BCUT2D eigenvalue weighted by Gasteiger charge is 2.51. The molecule has 1 amide bonds. The quantitative estimate of drug-likeness (QED) is 0.627. The minimum Gasteiger partial charge on any atom is -0.454 e. The summed E-state index contributed by atoms with van der Waals surface area (Å²) < 4.78 is 10.9. The van der Waals surface area contributed by atoms with Crippen LogP contribution in [0.15, 0.2) is 60.7 Å². The molecule has 1 heterocycles. The number of benzene rings is 3. The van der Waals surface area contributed by atoms with Crippen molar-refractivity contribution in [2.75, 3.05) is 12.1 Å². The topological polar surface area (TPSA) is 73.6 Å². The van der Waals surface area contributed by atoms with Crippen molar-refractivity contribution in [1.82, 2.24) is 0 Å². The molecule has 30 heavy (non-hydrogen) atoms. The molecule has 5 heteroatoms. The highest BCUT2D eigenvalue weighted by atomic mass is 16.7. The number of amides is 1. The predicted octanol–water partition coefficient (Wildman–Crippen LogP) is 5.01. The van der Waals surface area contributed by atoms with E-state index in [9.17, 15) is 4.79 Å². The third-order valence-electron chi connectivity index (χ3n) is 6.08. The number of hydrogen-bond acceptors (Lipinski definition) is 4. The highest BCUT2D eigenvalue weighted by Crippen LogP contribution is 2.51. The van der Waals surface area contributed by atoms with E-state index in [1.54, 1.807) is 0 Å². The third kappa shape index (κ3) is 3.21. The maximum atomic E-state index is 13.2. The van der Waals surface area contributed by atoms with Gasteiger partial charge in [0, 0.05) is 15.1 Å². The Labute approximate surface area is 178 Å². The van der Waals surface area contributed by atoms with Gasteiger partial charge in [-0.15, -0.1) is 0 Å². The fraction of sp³-hybridized carbons (Fsp3) is 0.240. The van der Waals surface area contributed by atoms with Gasteiger partial charge in [-0.05, 0) is 77.9 Å². The van der Waals surface area contributed by atoms with Crippen molar-refractivity contribution in [3.05, 3.63) is 77.4 Å². The highest BCUT2D eigenvalue weighted by molar-refractivity contribution is 6.02. The lowest BCUT2D eigenvalue weighted by atomic mass is 9.94. The molecule has 5 rings (SSSR count). The van der Waals surface area contributed by atoms with Crippen LogP contribution >= 0.6 is 0 Å². The van der Waals surface area contributed by atoms with Crippen LogP contribution in [0, 0.1) is 6.92 Å². The Morgan fingerprint density at radius 1 is 1.07 bits per heavy atom. The van der Waals surface area contributed by atoms with Gasteiger partial charge in [0.25, 0.3) is 0 Å². The number of aryl methyl sites for hydroxylation is 1. The van der Waals surface area contributed by atoms with Gasteiger partial charge < -0.3 is 20.5 Å². The van der Waals surface area contributed by atoms with Crippen LogP contribution in [-0.2, 0) is 16.8 Å². The zero-order chi connectivity index (χ0) is 20.7. The fourth-order valence-corrected chi connectivity index (χ4v) is 4.09. The van der Waals surface area contributed by atoms with Crippen LogP contribution in [0.3, 0.4) is 0 Å². The van der Waals surface area contributed by atoms with E-state index in [1.807, 2.05) is 48.5 Å². The lowest BCUT2D eigenvalue weighted by molar-refractivity contribution is -0.118. The normalized spacial score (nSPS) is 15.7. The molecule has 3 aromatic rings. The van der Waals surface area contributed by atoms with E-state index in [0.717, 1.165) is 52.1 Å². The molecule has 0 bridgehead atoms. The molecule has 0 aromatic heterocycles. The largest absolute Gasteiger partial charge is 0.454 e. The van der Waals surface area contributed by atoms with Gasteiger partial charge in [0.15, 0.2) is 11.5 Å². The molecule has 2 aliphatic rings. The van der Waals surface area contributed by atoms with Crippen molar-refractivity contribution in [3.63, 3.8) is 0 Å². The number of nitrogens with two attached hydrogens (primary N) is 1. The van der Waals surface area contributed by atoms with Crippen molar-refractivity contribution in [2.45, 2.75) is 31.7 Å². The van der Waals surface area contributed by atoms with E-state index in [4.69, 9.17) is 15.2 Å². The Morgan fingerprint density at radius 3 is 2.70 bits per heavy atom. The van der Waals surface area contributed by atoms with E-state index in [0.29, 0.717) is 12.3 Å². The van der Waals surface area contributed by atoms with Gasteiger partial charge in [0.1, 0.15) is 0 Å². The Balaban J connectivity index is 0.00000144. The van der Waals surface area contributed by atoms with Crippen LogP contribution in [0.2, 0.25) is 0 Å². The summed E-state index contributed by atoms with van der Waals surface area (Å²) in [6, 6.07) is 20.0. The Hall–Kier alpha value is -3.31. The van der Waals surface area contributed by atoms with Crippen molar-refractivity contribution in [1.29, 1.82) is 0 Å². The summed E-state index contributed by atoms with van der Waals surface area (Å²) in [7, 11) is 0. The molecule has 0 atom stereocenters. The van der Waals surface area contributed by atoms with Gasteiger partial charge in [0.2, 0.25) is 12.7 Å². The Morgan fingerprint density at radius 2 is 1.90 bits per heavy atom. The minimum absolute atomic E-state index is 0. The molecule has 0 saturated heterocycles. The summed E-state index contributed by atoms with van der Waals surface area (Å²) in [6.07, 6.45) is 1.66. The van der Waals surface area contributed by atoms with Crippen LogP contribution in [0.4, 0.5) is 5.69 Å². The minimum atomic E-state index is -0.495. The van der Waals surface area contributed by atoms with E-state index >= 15 is 0 Å². The standard InChI is InChI=1S/C25H24N2O3.2H2/c1-16-5-7-20(13-21(16)18-4-2-3-17(11-18)14-26)27-24(28)25(9-10-25)19-6-8-22-23(12-19)30-15-29-22;;/h2-8,11-13H,9-10,14-15,26H2,1H3,(H,27,28);2*1H. The molecule has 5 nitrogen and oxygen atoms in total. The number of nitrogens with one attached hydrogen (secondary N) is 1. The lowest BCUT2D eigenvalue weighted by Crippen LogP contribution is -2.27. The van der Waals surface area contributed by atoms with Gasteiger partial charge in [-0.3, -0.25) is 4.79 Å². The first-order chi connectivity index (χ1) is 14.6. The van der Waals surface area contributed by atoms with Crippen molar-refractivity contribution in [2.24, 2.45) is 5.73 Å². The van der Waals surface area contributed by atoms with Crippen LogP contribution < -0.4 is 20.5 Å². The molecule has 0 spiro atoms. The molecule has 1 fully saturated rings. The molecule has 1 aliphatic carbocycles. The van der Waals surface area contributed by atoms with Crippen LogP contribution in [0.5, 0.6) is 11.5 Å². The van der Waals surface area contributed by atoms with E-state index in [1.165, 1.54) is 0 Å². The first kappa shape index (κ1) is 18.7. The first-order valence-electron chi connectivity index (χ1n) is 10.2. The number of rotatable bonds is 5. The molecule has 1 aliphatic heterocycles. The molecular formula is C25H28N2O3. The Bertz CT molecular complexity index is 1150. The number of fused-ring (bicyclic) bond motifs is 1. The second-order valence-corrected chi connectivity index (χ2v) is 8.04. The van der Waals surface area contributed by atoms with E-state index < -0.39 is 5.41 Å². The Kier molecular flexibility index (Phi) is 4.48. The van der Waals surface area contributed by atoms with Gasteiger partial charge >= 0.3 is 0 Å². The number of anilines is 1. The number of ether oxygens (including phenoxy) is 2. The second-order valence-electron chi connectivity index (χ2n) is 8.04. The number of hydrogen-bond donors (Lipinski definition) is 2. The molecule has 0 radical (unpaired) electrons. The lowest BCUT2D eigenvalue weighted by Gasteiger charge is -2.17. The van der Waals surface area contributed by atoms with Crippen molar-refractivity contribution in [3.8, 4) is 22.6 Å². The van der Waals surface area contributed by atoms with E-state index in [2.05, 4.69) is 24.4 Å². The first-order valence-corrected chi connectivity index (χ1v) is 10.2. The average Bonchev–Trinajstić information content (AvgIpc) is 3.46. The van der Waals surface area contributed by atoms with Crippen LogP contribution in [0.1, 0.15) is 32.4 Å². The second kappa shape index (κ2) is 7.18. The van der Waals surface area contributed by atoms with E-state index in [-0.39, 0.29) is 15.6 Å². The maximum absolute atomic E-state index is 13.2. The molecular weight excluding hydrogens is 376 g/mol. The molecule has 3 aromatic carbocycles. The van der Waals surface area contributed by atoms with Gasteiger partial charge in [-0.1, -0.05) is 30.3 Å². The number of carbonyl (C=O) groups is 1. The summed E-state index contributed by atoms with van der Waals surface area (Å²) in [4.78, 5) is 13.2. The van der Waals surface area contributed by atoms with Gasteiger partial charge in [-0.2, -0.15) is 0 Å². The number of carbonyl (C=O) groups excluding carboxylic acids is 1. The fourth-order valence-electron chi connectivity index (χ4n) is 4.09. The molecule has 156 valence electrons. The van der Waals surface area contributed by atoms with Crippen molar-refractivity contribution >= 4 is 11.6 Å². The van der Waals surface area contributed by atoms with Crippen LogP contribution in [0.25, 0.3) is 11.1 Å². The summed E-state index contributed by atoms with van der Waals surface area (Å²) >= 11 is 0. The summed E-state index contributed by atoms with van der Waals surface area (Å²) in [5.74, 6) is 1.47. The summed E-state index contributed by atoms with van der Waals surface area (Å²) in [6.45, 7) is 2.81. The summed E-state index contributed by atoms with van der Waals surface area (Å²) in [5.41, 5.74) is 11.5. The van der Waals surface area contributed by atoms with Gasteiger partial charge in [0.05, 0.1) is 5.41 Å². The monoisotopic (exact) mass is 404 g/mol. The maximum Gasteiger partial charge on any atom is 0.235 e. The average molecular weight is 405 g/mol. The smallest absolute Gasteiger partial charge is 0.235 e. The van der Waals surface area contributed by atoms with Gasteiger partial charge in [-0.25, -0.2) is 0 Å². The zero-order valence-corrected chi connectivity index (χ0v) is 16.9. The third-order valence-corrected chi connectivity index (χ3v) is 6.08. The SMILES string of the molecule is Cc1ccc(NC(=O)C2(c3ccc4c(c3)OCO4)CC2)cc1-c1cccc(CN)c1.[HH].[HH]. The summed E-state index contributed by atoms with van der Waals surface area (Å²) in [5, 5.41) is 3.14. The van der Waals surface area contributed by atoms with Crippen molar-refractivity contribution < 1.29 is 17.1 Å². The molecule has 3 N–H and O–H groups in total. The molecule has 0 unspecified atom stereocenters. The molecule has 1 saturated carbocycles. The zero-order valence-electron chi connectivity index (χ0n) is 16.9. The predicted molar refractivity (Wildman–Crippen MR) is 121 cm³/mol. The van der Waals surface area contributed by atoms with Crippen LogP contribution in [-0.4, -0.2) is 12.7 Å².